The first-order chi connectivity index (χ1) is 12.9. The Morgan fingerprint density at radius 3 is 2.41 bits per heavy atom. The molecule has 27 heavy (non-hydrogen) atoms. The number of sulfonamides is 1. The molecular weight excluding hydrogens is 368 g/mol. The second-order valence-corrected chi connectivity index (χ2v) is 7.59. The van der Waals surface area contributed by atoms with Gasteiger partial charge < -0.3 is 9.64 Å². The summed E-state index contributed by atoms with van der Waals surface area (Å²) in [6.45, 7) is 2.32. The zero-order chi connectivity index (χ0) is 19.9. The Kier molecular flexibility index (Phi) is 7.09. The standard InChI is InChI=1S/C19H22N2O5S/c1-3-21(13-15-8-5-4-6-9-15)18(22)14-26-19(23)16-10-7-11-17(12-16)27(24,25)20-2/h4-12,20H,3,13-14H2,1-2H3. The van der Waals surface area contributed by atoms with Gasteiger partial charge in [-0.2, -0.15) is 0 Å². The van der Waals surface area contributed by atoms with Gasteiger partial charge in [0, 0.05) is 13.1 Å². The molecule has 1 N–H and O–H groups in total. The Bertz CT molecular complexity index is 897. The number of benzene rings is 2. The third-order valence-corrected chi connectivity index (χ3v) is 5.34. The van der Waals surface area contributed by atoms with Crippen LogP contribution in [0.25, 0.3) is 0 Å². The van der Waals surface area contributed by atoms with Gasteiger partial charge in [0.1, 0.15) is 0 Å². The predicted molar refractivity (Wildman–Crippen MR) is 101 cm³/mol. The van der Waals surface area contributed by atoms with E-state index in [4.69, 9.17) is 4.74 Å². The molecular formula is C19H22N2O5S. The highest BCUT2D eigenvalue weighted by Crippen LogP contribution is 2.12. The number of amides is 1. The van der Waals surface area contributed by atoms with E-state index in [1.165, 1.54) is 31.3 Å². The van der Waals surface area contributed by atoms with Crippen LogP contribution in [-0.2, 0) is 26.1 Å². The van der Waals surface area contributed by atoms with Gasteiger partial charge in [-0.05, 0) is 37.7 Å². The van der Waals surface area contributed by atoms with Crippen molar-refractivity contribution in [2.45, 2.75) is 18.4 Å². The highest BCUT2D eigenvalue weighted by atomic mass is 32.2. The topological polar surface area (TPSA) is 92.8 Å². The highest BCUT2D eigenvalue weighted by molar-refractivity contribution is 7.89. The fourth-order valence-corrected chi connectivity index (χ4v) is 3.17. The maximum Gasteiger partial charge on any atom is 0.338 e. The number of nitrogens with zero attached hydrogens (tertiary/aromatic N) is 1. The highest BCUT2D eigenvalue weighted by Gasteiger charge is 2.18. The van der Waals surface area contributed by atoms with E-state index in [9.17, 15) is 18.0 Å². The second-order valence-electron chi connectivity index (χ2n) is 5.71. The number of esters is 1. The minimum atomic E-state index is -3.67. The van der Waals surface area contributed by atoms with Gasteiger partial charge in [0.25, 0.3) is 5.91 Å². The number of carbonyl (C=O) groups excluding carboxylic acids is 2. The fourth-order valence-electron chi connectivity index (χ4n) is 2.39. The molecule has 0 aliphatic heterocycles. The summed E-state index contributed by atoms with van der Waals surface area (Å²) in [6, 6.07) is 14.9. The average Bonchev–Trinajstić information content (AvgIpc) is 2.70. The zero-order valence-corrected chi connectivity index (χ0v) is 16.0. The van der Waals surface area contributed by atoms with Crippen LogP contribution in [0.1, 0.15) is 22.8 Å². The van der Waals surface area contributed by atoms with Crippen LogP contribution in [0.5, 0.6) is 0 Å². The summed E-state index contributed by atoms with van der Waals surface area (Å²) in [7, 11) is -2.39. The van der Waals surface area contributed by atoms with E-state index in [1.807, 2.05) is 37.3 Å². The fraction of sp³-hybridized carbons (Fsp3) is 0.263. The van der Waals surface area contributed by atoms with Gasteiger partial charge in [0.15, 0.2) is 6.61 Å². The normalized spacial score (nSPS) is 11.0. The van der Waals surface area contributed by atoms with Crippen molar-refractivity contribution < 1.29 is 22.7 Å². The molecule has 2 aromatic rings. The van der Waals surface area contributed by atoms with Crippen LogP contribution < -0.4 is 4.72 Å². The minimum absolute atomic E-state index is 0.0509. The Morgan fingerprint density at radius 1 is 1.07 bits per heavy atom. The molecule has 1 amide bonds. The van der Waals surface area contributed by atoms with Crippen LogP contribution in [0, 0.1) is 0 Å². The first-order valence-electron chi connectivity index (χ1n) is 8.39. The first-order valence-corrected chi connectivity index (χ1v) is 9.88. The van der Waals surface area contributed by atoms with Gasteiger partial charge in [-0.3, -0.25) is 4.79 Å². The molecule has 0 fully saturated rings. The number of ether oxygens (including phenoxy) is 1. The minimum Gasteiger partial charge on any atom is -0.452 e. The van der Waals surface area contributed by atoms with Gasteiger partial charge in [-0.1, -0.05) is 36.4 Å². The Labute approximate surface area is 159 Å². The quantitative estimate of drug-likeness (QED) is 0.694. The average molecular weight is 390 g/mol. The molecule has 2 rings (SSSR count). The first kappa shape index (κ1) is 20.6. The molecule has 0 spiro atoms. The second kappa shape index (κ2) is 9.29. The summed E-state index contributed by atoms with van der Waals surface area (Å²) in [6.07, 6.45) is 0. The number of likely N-dealkylation sites (N-methyl/N-ethyl adjacent to an activating group) is 1. The van der Waals surface area contributed by atoms with E-state index in [-0.39, 0.29) is 16.4 Å². The molecule has 0 heterocycles. The van der Waals surface area contributed by atoms with Gasteiger partial charge in [-0.25, -0.2) is 17.9 Å². The summed E-state index contributed by atoms with van der Waals surface area (Å²) < 4.78 is 30.9. The maximum absolute atomic E-state index is 12.3. The lowest BCUT2D eigenvalue weighted by Gasteiger charge is -2.20. The van der Waals surface area contributed by atoms with Crippen LogP contribution in [0.15, 0.2) is 59.5 Å². The lowest BCUT2D eigenvalue weighted by molar-refractivity contribution is -0.134. The van der Waals surface area contributed by atoms with Gasteiger partial charge in [0.05, 0.1) is 10.5 Å². The molecule has 0 aliphatic rings. The van der Waals surface area contributed by atoms with E-state index in [2.05, 4.69) is 4.72 Å². The Balaban J connectivity index is 2.00. The Hall–Kier alpha value is -2.71. The molecule has 8 heteroatoms. The molecule has 2 aromatic carbocycles. The smallest absolute Gasteiger partial charge is 0.338 e. The summed E-state index contributed by atoms with van der Waals surface area (Å²) in [4.78, 5) is 26.0. The summed E-state index contributed by atoms with van der Waals surface area (Å²) in [5.41, 5.74) is 1.04. The van der Waals surface area contributed by atoms with Crippen molar-refractivity contribution in [3.63, 3.8) is 0 Å². The largest absolute Gasteiger partial charge is 0.452 e. The van der Waals surface area contributed by atoms with Crippen molar-refractivity contribution in [3.8, 4) is 0 Å². The molecule has 0 saturated carbocycles. The number of nitrogens with one attached hydrogen (secondary N) is 1. The van der Waals surface area contributed by atoms with Crippen molar-refractivity contribution in [1.82, 2.24) is 9.62 Å². The zero-order valence-electron chi connectivity index (χ0n) is 15.2. The van der Waals surface area contributed by atoms with Crippen molar-refractivity contribution in [3.05, 3.63) is 65.7 Å². The molecule has 0 aliphatic carbocycles. The van der Waals surface area contributed by atoms with Crippen LogP contribution in [0.2, 0.25) is 0 Å². The lowest BCUT2D eigenvalue weighted by Crippen LogP contribution is -2.34. The number of hydrogen-bond donors (Lipinski definition) is 1. The molecule has 0 aromatic heterocycles. The van der Waals surface area contributed by atoms with Crippen LogP contribution >= 0.6 is 0 Å². The van der Waals surface area contributed by atoms with Crippen molar-refractivity contribution >= 4 is 21.9 Å². The summed E-state index contributed by atoms with van der Waals surface area (Å²) in [5, 5.41) is 0. The molecule has 0 atom stereocenters. The van der Waals surface area contributed by atoms with Gasteiger partial charge in [-0.15, -0.1) is 0 Å². The maximum atomic E-state index is 12.3. The van der Waals surface area contributed by atoms with Crippen LogP contribution in [0.3, 0.4) is 0 Å². The lowest BCUT2D eigenvalue weighted by atomic mass is 10.2. The Morgan fingerprint density at radius 2 is 1.78 bits per heavy atom. The third kappa shape index (κ3) is 5.63. The van der Waals surface area contributed by atoms with Gasteiger partial charge in [0.2, 0.25) is 10.0 Å². The molecule has 0 bridgehead atoms. The molecule has 0 radical (unpaired) electrons. The van der Waals surface area contributed by atoms with E-state index in [1.54, 1.807) is 4.90 Å². The van der Waals surface area contributed by atoms with E-state index in [0.717, 1.165) is 5.56 Å². The van der Waals surface area contributed by atoms with E-state index < -0.39 is 22.6 Å². The van der Waals surface area contributed by atoms with Crippen molar-refractivity contribution in [2.24, 2.45) is 0 Å². The van der Waals surface area contributed by atoms with Crippen LogP contribution in [-0.4, -0.2) is 45.4 Å². The summed E-state index contributed by atoms with van der Waals surface area (Å²) in [5.74, 6) is -1.08. The van der Waals surface area contributed by atoms with Crippen LogP contribution in [0.4, 0.5) is 0 Å². The SMILES string of the molecule is CCN(Cc1ccccc1)C(=O)COC(=O)c1cccc(S(=O)(=O)NC)c1. The molecule has 144 valence electrons. The number of carbonyl (C=O) groups is 2. The monoisotopic (exact) mass is 390 g/mol. The molecule has 7 nitrogen and oxygen atoms in total. The van der Waals surface area contributed by atoms with Gasteiger partial charge >= 0.3 is 5.97 Å². The summed E-state index contributed by atoms with van der Waals surface area (Å²) >= 11 is 0. The van der Waals surface area contributed by atoms with E-state index in [0.29, 0.717) is 13.1 Å². The predicted octanol–water partition coefficient (Wildman–Crippen LogP) is 1.80. The molecule has 0 saturated heterocycles. The van der Waals surface area contributed by atoms with Crippen molar-refractivity contribution in [1.29, 1.82) is 0 Å². The number of hydrogen-bond acceptors (Lipinski definition) is 5. The molecule has 0 unspecified atom stereocenters. The third-order valence-electron chi connectivity index (χ3n) is 3.93. The number of rotatable bonds is 8. The van der Waals surface area contributed by atoms with Crippen molar-refractivity contribution in [2.75, 3.05) is 20.2 Å². The van der Waals surface area contributed by atoms with E-state index >= 15 is 0 Å².